The monoisotopic (exact) mass is 284 g/mol. The molecule has 110 valence electrons. The summed E-state index contributed by atoms with van der Waals surface area (Å²) in [6, 6.07) is 12.5. The zero-order valence-electron chi connectivity index (χ0n) is 12.2. The summed E-state index contributed by atoms with van der Waals surface area (Å²) < 4.78 is 5.21. The van der Waals surface area contributed by atoms with Crippen LogP contribution in [-0.2, 0) is 17.8 Å². The highest BCUT2D eigenvalue weighted by molar-refractivity contribution is 5.78. The molecule has 1 aromatic heterocycles. The third-order valence-electron chi connectivity index (χ3n) is 4.07. The predicted molar refractivity (Wildman–Crippen MR) is 80.7 cm³/mol. The second kappa shape index (κ2) is 6.14. The van der Waals surface area contributed by atoms with Crippen LogP contribution in [0, 0.1) is 0 Å². The first-order chi connectivity index (χ1) is 10.2. The molecule has 0 saturated carbocycles. The van der Waals surface area contributed by atoms with Gasteiger partial charge in [-0.2, -0.15) is 0 Å². The lowest BCUT2D eigenvalue weighted by Crippen LogP contribution is -2.36. The number of aryl methyl sites for hydroxylation is 1. The highest BCUT2D eigenvalue weighted by Gasteiger charge is 2.26. The number of likely N-dealkylation sites (N-methyl/N-ethyl adjacent to an activating group) is 1. The van der Waals surface area contributed by atoms with Crippen molar-refractivity contribution in [3.05, 3.63) is 59.5 Å². The van der Waals surface area contributed by atoms with Gasteiger partial charge >= 0.3 is 0 Å². The normalized spacial score (nSPS) is 17.0. The zero-order chi connectivity index (χ0) is 14.7. The van der Waals surface area contributed by atoms with Gasteiger partial charge in [0, 0.05) is 6.04 Å². The first-order valence-corrected chi connectivity index (χ1v) is 7.31. The van der Waals surface area contributed by atoms with Crippen molar-refractivity contribution in [3.63, 3.8) is 0 Å². The van der Waals surface area contributed by atoms with Crippen molar-refractivity contribution in [2.24, 2.45) is 0 Å². The minimum atomic E-state index is 0.0262. The van der Waals surface area contributed by atoms with E-state index in [0.717, 1.165) is 18.6 Å². The minimum absolute atomic E-state index is 0.0262. The van der Waals surface area contributed by atoms with Gasteiger partial charge in [0.05, 0.1) is 19.4 Å². The van der Waals surface area contributed by atoms with E-state index in [1.807, 2.05) is 19.2 Å². The maximum atomic E-state index is 12.0. The van der Waals surface area contributed by atoms with Crippen molar-refractivity contribution in [1.29, 1.82) is 0 Å². The molecule has 1 N–H and O–H groups in total. The second-order valence-electron chi connectivity index (χ2n) is 5.52. The standard InChI is InChI=1S/C17H20N2O2/c1-19(12-17(20)18-11-14-6-4-10-21-14)16-9-8-13-5-2-3-7-15(13)16/h2-7,10,16H,8-9,11-12H2,1H3,(H,18,20)/t16-/m0/s1. The molecule has 1 heterocycles. The Morgan fingerprint density at radius 1 is 1.33 bits per heavy atom. The fraction of sp³-hybridized carbons (Fsp3) is 0.353. The van der Waals surface area contributed by atoms with Crippen molar-refractivity contribution in [1.82, 2.24) is 10.2 Å². The number of nitrogens with one attached hydrogen (secondary N) is 1. The van der Waals surface area contributed by atoms with Crippen LogP contribution in [-0.4, -0.2) is 24.4 Å². The van der Waals surface area contributed by atoms with Gasteiger partial charge in [0.1, 0.15) is 5.76 Å². The van der Waals surface area contributed by atoms with Crippen LogP contribution in [0.3, 0.4) is 0 Å². The van der Waals surface area contributed by atoms with E-state index in [0.29, 0.717) is 19.1 Å². The first kappa shape index (κ1) is 13.9. The lowest BCUT2D eigenvalue weighted by molar-refractivity contribution is -0.122. The number of nitrogens with zero attached hydrogens (tertiary/aromatic N) is 1. The summed E-state index contributed by atoms with van der Waals surface area (Å²) >= 11 is 0. The Labute approximate surface area is 124 Å². The van der Waals surface area contributed by atoms with Gasteiger partial charge in [-0.05, 0) is 43.1 Å². The quantitative estimate of drug-likeness (QED) is 0.917. The van der Waals surface area contributed by atoms with Crippen LogP contribution in [0.1, 0.15) is 29.3 Å². The number of fused-ring (bicyclic) bond motifs is 1. The van der Waals surface area contributed by atoms with E-state index in [1.165, 1.54) is 11.1 Å². The number of amides is 1. The zero-order valence-corrected chi connectivity index (χ0v) is 12.2. The van der Waals surface area contributed by atoms with Crippen LogP contribution in [0.2, 0.25) is 0 Å². The molecule has 0 spiro atoms. The number of hydrogen-bond donors (Lipinski definition) is 1. The molecule has 1 atom stereocenters. The molecule has 21 heavy (non-hydrogen) atoms. The summed E-state index contributed by atoms with van der Waals surface area (Å²) in [5.41, 5.74) is 2.77. The molecular formula is C17H20N2O2. The highest BCUT2D eigenvalue weighted by Crippen LogP contribution is 2.34. The van der Waals surface area contributed by atoms with Gasteiger partial charge < -0.3 is 9.73 Å². The average Bonchev–Trinajstić information content (AvgIpc) is 3.14. The van der Waals surface area contributed by atoms with E-state index in [2.05, 4.69) is 34.5 Å². The summed E-state index contributed by atoms with van der Waals surface area (Å²) in [6.07, 6.45) is 3.80. The van der Waals surface area contributed by atoms with Crippen LogP contribution >= 0.6 is 0 Å². The Balaban J connectivity index is 1.54. The Bertz CT molecular complexity index is 607. The minimum Gasteiger partial charge on any atom is -0.467 e. The second-order valence-corrected chi connectivity index (χ2v) is 5.52. The number of hydrogen-bond acceptors (Lipinski definition) is 3. The summed E-state index contributed by atoms with van der Waals surface area (Å²) in [5.74, 6) is 0.801. The molecule has 0 fully saturated rings. The van der Waals surface area contributed by atoms with E-state index in [4.69, 9.17) is 4.42 Å². The maximum Gasteiger partial charge on any atom is 0.234 e. The molecule has 1 aliphatic rings. The first-order valence-electron chi connectivity index (χ1n) is 7.31. The van der Waals surface area contributed by atoms with Crippen molar-refractivity contribution in [2.45, 2.75) is 25.4 Å². The lowest BCUT2D eigenvalue weighted by Gasteiger charge is -2.24. The highest BCUT2D eigenvalue weighted by atomic mass is 16.3. The van der Waals surface area contributed by atoms with E-state index < -0.39 is 0 Å². The van der Waals surface area contributed by atoms with Crippen LogP contribution in [0.15, 0.2) is 47.1 Å². The number of rotatable bonds is 5. The molecule has 2 aromatic rings. The van der Waals surface area contributed by atoms with Gasteiger partial charge in [-0.15, -0.1) is 0 Å². The molecule has 0 bridgehead atoms. The molecule has 1 amide bonds. The molecule has 1 aromatic carbocycles. The number of benzene rings is 1. The smallest absolute Gasteiger partial charge is 0.234 e. The summed E-state index contributed by atoms with van der Waals surface area (Å²) in [6.45, 7) is 0.848. The molecule has 0 aliphatic heterocycles. The van der Waals surface area contributed by atoms with E-state index in [9.17, 15) is 4.79 Å². The Kier molecular flexibility index (Phi) is 4.06. The third kappa shape index (κ3) is 3.16. The average molecular weight is 284 g/mol. The SMILES string of the molecule is CN(CC(=O)NCc1ccco1)[C@H]1CCc2ccccc21. The topological polar surface area (TPSA) is 45.5 Å². The fourth-order valence-electron chi connectivity index (χ4n) is 2.98. The van der Waals surface area contributed by atoms with Gasteiger partial charge in [0.2, 0.25) is 5.91 Å². The van der Waals surface area contributed by atoms with Crippen molar-refractivity contribution in [2.75, 3.05) is 13.6 Å². The molecule has 3 rings (SSSR count). The largest absolute Gasteiger partial charge is 0.467 e. The summed E-state index contributed by atoms with van der Waals surface area (Å²) in [7, 11) is 2.01. The molecule has 4 heteroatoms. The number of carbonyl (C=O) groups is 1. The number of carbonyl (C=O) groups excluding carboxylic acids is 1. The maximum absolute atomic E-state index is 12.0. The van der Waals surface area contributed by atoms with Crippen molar-refractivity contribution < 1.29 is 9.21 Å². The molecule has 0 radical (unpaired) electrons. The Hall–Kier alpha value is -2.07. The van der Waals surface area contributed by atoms with E-state index >= 15 is 0 Å². The fourth-order valence-corrected chi connectivity index (χ4v) is 2.98. The van der Waals surface area contributed by atoms with E-state index in [-0.39, 0.29) is 5.91 Å². The van der Waals surface area contributed by atoms with Crippen molar-refractivity contribution in [3.8, 4) is 0 Å². The molecule has 0 saturated heterocycles. The van der Waals surface area contributed by atoms with Crippen LogP contribution in [0.25, 0.3) is 0 Å². The predicted octanol–water partition coefficient (Wildman–Crippen LogP) is 2.52. The van der Waals surface area contributed by atoms with Crippen LogP contribution in [0.4, 0.5) is 0 Å². The van der Waals surface area contributed by atoms with Gasteiger partial charge in [-0.3, -0.25) is 9.69 Å². The Morgan fingerprint density at radius 3 is 3.00 bits per heavy atom. The van der Waals surface area contributed by atoms with Gasteiger partial charge in [-0.1, -0.05) is 24.3 Å². The van der Waals surface area contributed by atoms with Crippen molar-refractivity contribution >= 4 is 5.91 Å². The van der Waals surface area contributed by atoms with Gasteiger partial charge in [0.25, 0.3) is 0 Å². The summed E-state index contributed by atoms with van der Waals surface area (Å²) in [4.78, 5) is 14.2. The number of furan rings is 1. The van der Waals surface area contributed by atoms with Gasteiger partial charge in [0.15, 0.2) is 0 Å². The molecular weight excluding hydrogens is 264 g/mol. The lowest BCUT2D eigenvalue weighted by atomic mass is 10.1. The van der Waals surface area contributed by atoms with Crippen LogP contribution < -0.4 is 5.32 Å². The Morgan fingerprint density at radius 2 is 2.19 bits per heavy atom. The van der Waals surface area contributed by atoms with E-state index in [1.54, 1.807) is 6.26 Å². The van der Waals surface area contributed by atoms with Gasteiger partial charge in [-0.25, -0.2) is 0 Å². The molecule has 0 unspecified atom stereocenters. The van der Waals surface area contributed by atoms with Crippen LogP contribution in [0.5, 0.6) is 0 Å². The third-order valence-corrected chi connectivity index (χ3v) is 4.07. The molecule has 1 aliphatic carbocycles. The molecule has 4 nitrogen and oxygen atoms in total. The summed E-state index contributed by atoms with van der Waals surface area (Å²) in [5, 5.41) is 2.89.